The summed E-state index contributed by atoms with van der Waals surface area (Å²) in [5.74, 6) is -2.02. The summed E-state index contributed by atoms with van der Waals surface area (Å²) in [6.45, 7) is 2.09. The number of nitrogens with one attached hydrogen (secondary N) is 1. The Morgan fingerprint density at radius 1 is 1.10 bits per heavy atom. The van der Waals surface area contributed by atoms with E-state index in [0.717, 1.165) is 16.0 Å². The van der Waals surface area contributed by atoms with Crippen molar-refractivity contribution in [2.45, 2.75) is 32.6 Å². The van der Waals surface area contributed by atoms with Crippen LogP contribution in [-0.2, 0) is 30.3 Å². The molecule has 2 aliphatic rings. The fourth-order valence-corrected chi connectivity index (χ4v) is 3.79. The van der Waals surface area contributed by atoms with Crippen LogP contribution >= 0.6 is 0 Å². The molecule has 3 rings (SSSR count). The van der Waals surface area contributed by atoms with Gasteiger partial charge in [-0.1, -0.05) is 36.4 Å². The zero-order valence-electron chi connectivity index (χ0n) is 16.6. The summed E-state index contributed by atoms with van der Waals surface area (Å²) in [5.41, 5.74) is 2.32. The average molecular weight is 398 g/mol. The van der Waals surface area contributed by atoms with Crippen molar-refractivity contribution < 1.29 is 23.9 Å². The predicted molar refractivity (Wildman–Crippen MR) is 106 cm³/mol. The Balaban J connectivity index is 1.35. The molecule has 1 fully saturated rings. The quantitative estimate of drug-likeness (QED) is 0.407. The second-order valence-corrected chi connectivity index (χ2v) is 7.42. The summed E-state index contributed by atoms with van der Waals surface area (Å²) in [4.78, 5) is 49.6. The third-order valence-electron chi connectivity index (χ3n) is 5.48. The first-order valence-electron chi connectivity index (χ1n) is 9.94. The normalized spacial score (nSPS) is 20.5. The first-order valence-corrected chi connectivity index (χ1v) is 9.94. The number of carbonyl (C=O) groups is 4. The van der Waals surface area contributed by atoms with Crippen molar-refractivity contribution >= 4 is 23.7 Å². The number of carbonyl (C=O) groups excluding carboxylic acids is 4. The number of aryl methyl sites for hydroxylation is 1. The maximum absolute atomic E-state index is 12.3. The smallest absolute Gasteiger partial charge is 0.308 e. The summed E-state index contributed by atoms with van der Waals surface area (Å²) in [6.07, 6.45) is 5.56. The minimum Gasteiger partial charge on any atom is -0.456 e. The molecule has 7 nitrogen and oxygen atoms in total. The van der Waals surface area contributed by atoms with E-state index in [2.05, 4.69) is 5.32 Å². The van der Waals surface area contributed by atoms with Gasteiger partial charge in [0.15, 0.2) is 6.61 Å². The number of amides is 3. The number of imide groups is 1. The van der Waals surface area contributed by atoms with Crippen LogP contribution in [0.2, 0.25) is 0 Å². The van der Waals surface area contributed by atoms with Crippen LogP contribution in [-0.4, -0.2) is 48.3 Å². The van der Waals surface area contributed by atoms with E-state index in [0.29, 0.717) is 25.8 Å². The number of fused-ring (bicyclic) bond motifs is 1. The maximum atomic E-state index is 12.3. The minimum absolute atomic E-state index is 0.00158. The molecule has 1 aromatic rings. The van der Waals surface area contributed by atoms with Crippen LogP contribution in [0.1, 0.15) is 30.4 Å². The first kappa shape index (κ1) is 20.8. The molecule has 3 amide bonds. The van der Waals surface area contributed by atoms with Gasteiger partial charge in [0, 0.05) is 13.1 Å². The van der Waals surface area contributed by atoms with Crippen LogP contribution in [0.25, 0.3) is 0 Å². The van der Waals surface area contributed by atoms with E-state index in [1.165, 1.54) is 0 Å². The molecule has 1 aliphatic carbocycles. The van der Waals surface area contributed by atoms with E-state index in [1.54, 1.807) is 0 Å². The predicted octanol–water partition coefficient (Wildman–Crippen LogP) is 1.54. The van der Waals surface area contributed by atoms with Gasteiger partial charge in [-0.3, -0.25) is 24.1 Å². The van der Waals surface area contributed by atoms with Crippen molar-refractivity contribution in [1.82, 2.24) is 10.2 Å². The fourth-order valence-electron chi connectivity index (χ4n) is 3.79. The van der Waals surface area contributed by atoms with Crippen LogP contribution in [0.15, 0.2) is 36.4 Å². The van der Waals surface area contributed by atoms with Gasteiger partial charge in [0.1, 0.15) is 0 Å². The lowest BCUT2D eigenvalue weighted by Crippen LogP contribution is -2.34. The van der Waals surface area contributed by atoms with Gasteiger partial charge in [-0.2, -0.15) is 0 Å². The van der Waals surface area contributed by atoms with E-state index in [4.69, 9.17) is 4.74 Å². The van der Waals surface area contributed by atoms with E-state index in [9.17, 15) is 19.2 Å². The molecule has 1 saturated heterocycles. The van der Waals surface area contributed by atoms with Gasteiger partial charge < -0.3 is 10.1 Å². The summed E-state index contributed by atoms with van der Waals surface area (Å²) >= 11 is 0. The van der Waals surface area contributed by atoms with Crippen molar-refractivity contribution in [3.8, 4) is 0 Å². The van der Waals surface area contributed by atoms with E-state index in [-0.39, 0.29) is 49.1 Å². The second kappa shape index (κ2) is 9.49. The van der Waals surface area contributed by atoms with Crippen LogP contribution in [0.3, 0.4) is 0 Å². The lowest BCUT2D eigenvalue weighted by atomic mass is 9.85. The number of hydrogen-bond donors (Lipinski definition) is 1. The topological polar surface area (TPSA) is 92.8 Å². The molecule has 1 heterocycles. The molecule has 0 aromatic heterocycles. The summed E-state index contributed by atoms with van der Waals surface area (Å²) in [5, 5.41) is 2.72. The number of esters is 1. The number of nitrogens with zero attached hydrogens (tertiary/aromatic N) is 1. The Hall–Kier alpha value is -2.96. The Morgan fingerprint density at radius 3 is 2.41 bits per heavy atom. The van der Waals surface area contributed by atoms with Gasteiger partial charge in [-0.15, -0.1) is 0 Å². The van der Waals surface area contributed by atoms with Crippen LogP contribution in [0, 0.1) is 18.8 Å². The fraction of sp³-hybridized carbons (Fsp3) is 0.455. The molecule has 1 aliphatic heterocycles. The number of allylic oxidation sites excluding steroid dienone is 2. The molecule has 0 unspecified atom stereocenters. The first-order chi connectivity index (χ1) is 14.0. The van der Waals surface area contributed by atoms with E-state index in [1.807, 2.05) is 43.3 Å². The van der Waals surface area contributed by atoms with Gasteiger partial charge in [-0.05, 0) is 37.3 Å². The molecule has 2 atom stereocenters. The van der Waals surface area contributed by atoms with Crippen LogP contribution in [0.4, 0.5) is 0 Å². The SMILES string of the molecule is Cc1ccccc1CCNC(=O)COC(=O)CCN1C(=O)[C@H]2CC=CC[C@@H]2C1=O. The van der Waals surface area contributed by atoms with E-state index >= 15 is 0 Å². The lowest BCUT2D eigenvalue weighted by molar-refractivity contribution is -0.149. The average Bonchev–Trinajstić information content (AvgIpc) is 2.97. The highest BCUT2D eigenvalue weighted by Gasteiger charge is 2.46. The molecule has 0 saturated carbocycles. The third-order valence-corrected chi connectivity index (χ3v) is 5.48. The highest BCUT2D eigenvalue weighted by atomic mass is 16.5. The molecule has 1 aromatic carbocycles. The summed E-state index contributed by atoms with van der Waals surface area (Å²) in [7, 11) is 0. The Labute approximate surface area is 170 Å². The molecule has 1 N–H and O–H groups in total. The Kier molecular flexibility index (Phi) is 6.80. The van der Waals surface area contributed by atoms with Crippen molar-refractivity contribution in [3.05, 3.63) is 47.5 Å². The van der Waals surface area contributed by atoms with Crippen molar-refractivity contribution in [2.75, 3.05) is 19.7 Å². The molecular formula is C22H26N2O5. The highest BCUT2D eigenvalue weighted by molar-refractivity contribution is 6.05. The maximum Gasteiger partial charge on any atom is 0.308 e. The summed E-state index contributed by atoms with van der Waals surface area (Å²) in [6, 6.07) is 7.94. The number of likely N-dealkylation sites (tertiary alicyclic amines) is 1. The molecule has 7 heteroatoms. The van der Waals surface area contributed by atoms with Crippen LogP contribution in [0.5, 0.6) is 0 Å². The number of hydrogen-bond acceptors (Lipinski definition) is 5. The highest BCUT2D eigenvalue weighted by Crippen LogP contribution is 2.34. The molecule has 0 radical (unpaired) electrons. The molecule has 0 bridgehead atoms. The molecular weight excluding hydrogens is 372 g/mol. The second-order valence-electron chi connectivity index (χ2n) is 7.42. The Bertz CT molecular complexity index is 806. The Morgan fingerprint density at radius 2 is 1.76 bits per heavy atom. The number of ether oxygens (including phenoxy) is 1. The van der Waals surface area contributed by atoms with Gasteiger partial charge in [0.2, 0.25) is 11.8 Å². The summed E-state index contributed by atoms with van der Waals surface area (Å²) < 4.78 is 4.97. The number of rotatable bonds is 8. The monoisotopic (exact) mass is 398 g/mol. The van der Waals surface area contributed by atoms with Gasteiger partial charge >= 0.3 is 5.97 Å². The van der Waals surface area contributed by atoms with Gasteiger partial charge in [-0.25, -0.2) is 0 Å². The molecule has 0 spiro atoms. The van der Waals surface area contributed by atoms with Gasteiger partial charge in [0.25, 0.3) is 5.91 Å². The molecule has 29 heavy (non-hydrogen) atoms. The molecule has 154 valence electrons. The van der Waals surface area contributed by atoms with Gasteiger partial charge in [0.05, 0.1) is 18.3 Å². The zero-order valence-corrected chi connectivity index (χ0v) is 16.6. The number of benzene rings is 1. The van der Waals surface area contributed by atoms with Crippen molar-refractivity contribution in [2.24, 2.45) is 11.8 Å². The van der Waals surface area contributed by atoms with E-state index < -0.39 is 5.97 Å². The largest absolute Gasteiger partial charge is 0.456 e. The van der Waals surface area contributed by atoms with Crippen LogP contribution < -0.4 is 5.32 Å². The minimum atomic E-state index is -0.604. The lowest BCUT2D eigenvalue weighted by Gasteiger charge is -2.14. The standard InChI is InChI=1S/C22H26N2O5/c1-15-6-2-3-7-16(15)10-12-23-19(25)14-29-20(26)11-13-24-21(27)17-8-4-5-9-18(17)22(24)28/h2-7,17-18H,8-14H2,1H3,(H,23,25)/t17-,18-/m0/s1. The van der Waals surface area contributed by atoms with Crippen molar-refractivity contribution in [3.63, 3.8) is 0 Å². The van der Waals surface area contributed by atoms with Crippen molar-refractivity contribution in [1.29, 1.82) is 0 Å². The zero-order chi connectivity index (χ0) is 20.8. The third kappa shape index (κ3) is 5.10.